The smallest absolute Gasteiger partial charge is 0.0547 e. The topological polar surface area (TPSA) is 8.17 Å². The second-order valence-electron chi connectivity index (χ2n) is 19.4. The Morgan fingerprint density at radius 1 is 0.333 bits per heavy atom. The Morgan fingerprint density at radius 2 is 0.894 bits per heavy atom. The monoisotopic (exact) mass is 844 g/mol. The van der Waals surface area contributed by atoms with Gasteiger partial charge in [0.2, 0.25) is 0 Å². The van der Waals surface area contributed by atoms with Gasteiger partial charge in [-0.05, 0) is 150 Å². The second kappa shape index (κ2) is 14.3. The molecule has 13 rings (SSSR count). The molecule has 0 amide bonds. The number of anilines is 3. The van der Waals surface area contributed by atoms with Gasteiger partial charge in [-0.25, -0.2) is 0 Å². The third-order valence-corrected chi connectivity index (χ3v) is 14.9. The molecule has 66 heavy (non-hydrogen) atoms. The van der Waals surface area contributed by atoms with Gasteiger partial charge in [0.25, 0.3) is 0 Å². The Hall–Kier alpha value is -7.94. The zero-order valence-corrected chi connectivity index (χ0v) is 37.7. The van der Waals surface area contributed by atoms with Crippen LogP contribution in [0.2, 0.25) is 0 Å². The van der Waals surface area contributed by atoms with Crippen LogP contribution >= 0.6 is 0 Å². The highest BCUT2D eigenvalue weighted by molar-refractivity contribution is 6.17. The zero-order valence-electron chi connectivity index (χ0n) is 37.7. The van der Waals surface area contributed by atoms with Gasteiger partial charge in [-0.3, -0.25) is 0 Å². The van der Waals surface area contributed by atoms with Crippen LogP contribution in [0.15, 0.2) is 218 Å². The van der Waals surface area contributed by atoms with Crippen molar-refractivity contribution in [3.05, 3.63) is 241 Å². The zero-order chi connectivity index (χ0) is 44.3. The molecule has 0 N–H and O–H groups in total. The quantitative estimate of drug-likeness (QED) is 0.162. The van der Waals surface area contributed by atoms with Gasteiger partial charge in [0, 0.05) is 44.4 Å². The molecular formula is C64H48N2. The van der Waals surface area contributed by atoms with Crippen LogP contribution < -0.4 is 4.90 Å². The van der Waals surface area contributed by atoms with Gasteiger partial charge in [-0.2, -0.15) is 0 Å². The maximum atomic E-state index is 2.48. The third kappa shape index (κ3) is 5.67. The third-order valence-electron chi connectivity index (χ3n) is 14.9. The van der Waals surface area contributed by atoms with Crippen molar-refractivity contribution in [1.29, 1.82) is 0 Å². The molecule has 0 bridgehead atoms. The van der Waals surface area contributed by atoms with Crippen LogP contribution in [0.5, 0.6) is 0 Å². The fourth-order valence-corrected chi connectivity index (χ4v) is 11.6. The predicted molar refractivity (Wildman–Crippen MR) is 279 cm³/mol. The number of hydrogen-bond donors (Lipinski definition) is 0. The average Bonchev–Trinajstić information content (AvgIpc) is 3.90. The molecule has 0 spiro atoms. The molecule has 2 nitrogen and oxygen atoms in total. The summed E-state index contributed by atoms with van der Waals surface area (Å²) in [6.07, 6.45) is 0. The number of fused-ring (bicyclic) bond motifs is 11. The molecule has 2 aliphatic carbocycles. The normalized spacial score (nSPS) is 14.0. The number of para-hydroxylation sites is 1. The summed E-state index contributed by atoms with van der Waals surface area (Å²) in [7, 11) is 0. The molecule has 0 saturated carbocycles. The lowest BCUT2D eigenvalue weighted by Gasteiger charge is -2.29. The number of aromatic nitrogens is 1. The second-order valence-corrected chi connectivity index (χ2v) is 19.4. The minimum Gasteiger partial charge on any atom is -0.310 e. The molecule has 11 aromatic rings. The van der Waals surface area contributed by atoms with Crippen LogP contribution in [0.4, 0.5) is 17.1 Å². The summed E-state index contributed by atoms with van der Waals surface area (Å²) in [6.45, 7) is 9.47. The lowest BCUT2D eigenvalue weighted by Crippen LogP contribution is -2.16. The Bertz CT molecular complexity index is 3760. The minimum absolute atomic E-state index is 0.0664. The summed E-state index contributed by atoms with van der Waals surface area (Å²) < 4.78 is 2.45. The number of benzene rings is 10. The molecule has 0 unspecified atom stereocenters. The highest BCUT2D eigenvalue weighted by Gasteiger charge is 2.37. The lowest BCUT2D eigenvalue weighted by atomic mass is 9.82. The summed E-state index contributed by atoms with van der Waals surface area (Å²) in [6, 6.07) is 81.3. The van der Waals surface area contributed by atoms with Crippen LogP contribution in [-0.2, 0) is 10.8 Å². The fourth-order valence-electron chi connectivity index (χ4n) is 11.6. The Labute approximate surface area is 386 Å². The van der Waals surface area contributed by atoms with Crippen molar-refractivity contribution in [2.45, 2.75) is 38.5 Å². The van der Waals surface area contributed by atoms with E-state index in [1.807, 2.05) is 0 Å². The molecule has 0 radical (unpaired) electrons. The first-order chi connectivity index (χ1) is 32.2. The number of nitrogens with zero attached hydrogens (tertiary/aromatic N) is 2. The van der Waals surface area contributed by atoms with Crippen LogP contribution in [0, 0.1) is 0 Å². The van der Waals surface area contributed by atoms with E-state index in [0.29, 0.717) is 0 Å². The van der Waals surface area contributed by atoms with E-state index in [1.165, 1.54) is 99.3 Å². The molecule has 2 heteroatoms. The van der Waals surface area contributed by atoms with Crippen molar-refractivity contribution in [2.24, 2.45) is 0 Å². The first-order valence-electron chi connectivity index (χ1n) is 23.3. The summed E-state index contributed by atoms with van der Waals surface area (Å²) in [4.78, 5) is 2.45. The number of rotatable bonds is 6. The highest BCUT2D eigenvalue weighted by atomic mass is 15.1. The van der Waals surface area contributed by atoms with E-state index in [4.69, 9.17) is 0 Å². The molecule has 10 aromatic carbocycles. The SMILES string of the molecule is CC1(C)c2ccccc2-c2ccc(N(c3cccc(-c4ccccc4)c3)c3cccc(-c4ccc5c(c4)c4cc6c7c(ccc6cc4n5-c4ccccc4)C(C)(C)c4ccccc4-7)c3)cc21. The summed E-state index contributed by atoms with van der Waals surface area (Å²) >= 11 is 0. The average molecular weight is 845 g/mol. The minimum atomic E-state index is -0.124. The molecule has 314 valence electrons. The first-order valence-corrected chi connectivity index (χ1v) is 23.3. The van der Waals surface area contributed by atoms with Crippen LogP contribution in [0.1, 0.15) is 49.9 Å². The van der Waals surface area contributed by atoms with E-state index in [-0.39, 0.29) is 10.8 Å². The van der Waals surface area contributed by atoms with Crippen LogP contribution in [-0.4, -0.2) is 4.57 Å². The van der Waals surface area contributed by atoms with Gasteiger partial charge in [-0.1, -0.05) is 173 Å². The Morgan fingerprint density at radius 3 is 1.64 bits per heavy atom. The summed E-state index contributed by atoms with van der Waals surface area (Å²) in [5.74, 6) is 0. The standard InChI is InChI=1S/C64H48N2/c1-63(2)57-28-14-12-26-52(57)62-53-40-55-54-37-44(30-34-60(54)66(46-21-9-6-10-22-46)61(55)38-45(53)29-33-58(62)63)43-20-16-24-48(36-43)65(47-23-15-19-42(35-47)41-17-7-5-8-18-41)49-31-32-51-50-25-11-13-27-56(50)64(3,4)59(51)39-49/h5-40H,1-4H3. The Kier molecular flexibility index (Phi) is 8.33. The van der Waals surface area contributed by atoms with Gasteiger partial charge in [0.1, 0.15) is 0 Å². The van der Waals surface area contributed by atoms with E-state index in [2.05, 4.69) is 256 Å². The van der Waals surface area contributed by atoms with Crippen molar-refractivity contribution in [3.63, 3.8) is 0 Å². The van der Waals surface area contributed by atoms with E-state index in [1.54, 1.807) is 0 Å². The van der Waals surface area contributed by atoms with Crippen molar-refractivity contribution in [3.8, 4) is 50.2 Å². The van der Waals surface area contributed by atoms with Crippen molar-refractivity contribution in [2.75, 3.05) is 4.90 Å². The molecule has 1 aromatic heterocycles. The van der Waals surface area contributed by atoms with E-state index in [9.17, 15) is 0 Å². The molecule has 0 saturated heterocycles. The van der Waals surface area contributed by atoms with Crippen LogP contribution in [0.25, 0.3) is 82.8 Å². The molecule has 0 atom stereocenters. The molecular weight excluding hydrogens is 797 g/mol. The van der Waals surface area contributed by atoms with Gasteiger partial charge < -0.3 is 9.47 Å². The van der Waals surface area contributed by atoms with Crippen molar-refractivity contribution >= 4 is 49.6 Å². The fraction of sp³-hybridized carbons (Fsp3) is 0.0938. The highest BCUT2D eigenvalue weighted by Crippen LogP contribution is 2.53. The molecule has 1 heterocycles. The Balaban J connectivity index is 1.00. The van der Waals surface area contributed by atoms with Gasteiger partial charge >= 0.3 is 0 Å². The van der Waals surface area contributed by atoms with E-state index < -0.39 is 0 Å². The van der Waals surface area contributed by atoms with Gasteiger partial charge in [0.05, 0.1) is 11.0 Å². The molecule has 0 aliphatic heterocycles. The summed E-state index contributed by atoms with van der Waals surface area (Å²) in [5, 5.41) is 5.08. The number of hydrogen-bond acceptors (Lipinski definition) is 1. The molecule has 0 fully saturated rings. The first kappa shape index (κ1) is 38.5. The predicted octanol–water partition coefficient (Wildman–Crippen LogP) is 17.4. The maximum absolute atomic E-state index is 2.48. The molecule has 2 aliphatic rings. The maximum Gasteiger partial charge on any atom is 0.0547 e. The van der Waals surface area contributed by atoms with E-state index in [0.717, 1.165) is 22.7 Å². The van der Waals surface area contributed by atoms with Gasteiger partial charge in [0.15, 0.2) is 0 Å². The lowest BCUT2D eigenvalue weighted by molar-refractivity contribution is 0.660. The van der Waals surface area contributed by atoms with Crippen molar-refractivity contribution < 1.29 is 0 Å². The van der Waals surface area contributed by atoms with Crippen molar-refractivity contribution in [1.82, 2.24) is 4.57 Å². The van der Waals surface area contributed by atoms with E-state index >= 15 is 0 Å². The summed E-state index contributed by atoms with van der Waals surface area (Å²) in [5.41, 5.74) is 22.4. The van der Waals surface area contributed by atoms with Gasteiger partial charge in [-0.15, -0.1) is 0 Å². The largest absolute Gasteiger partial charge is 0.310 e. The van der Waals surface area contributed by atoms with Crippen LogP contribution in [0.3, 0.4) is 0 Å².